The highest BCUT2D eigenvalue weighted by molar-refractivity contribution is 7.98. The molecule has 0 aliphatic carbocycles. The normalized spacial score (nSPS) is 12.6. The number of hydrogen-bond donors (Lipinski definition) is 3. The van der Waals surface area contributed by atoms with Crippen LogP contribution in [0.3, 0.4) is 0 Å². The maximum atomic E-state index is 13.8. The first-order chi connectivity index (χ1) is 17.8. The number of carbonyl (C=O) groups is 3. The molecule has 9 heteroatoms. The SMILES string of the molecule is C#CN(C(=O)C(CCSC)NC(=O)OC(C)(C)C)C(C(=O)Nc1c(C)cccc1C)c1ccc(O)c(C)c1. The van der Waals surface area contributed by atoms with Gasteiger partial charge in [0.15, 0.2) is 0 Å². The van der Waals surface area contributed by atoms with Crippen LogP contribution in [0.2, 0.25) is 0 Å². The Hall–Kier alpha value is -3.64. The van der Waals surface area contributed by atoms with Gasteiger partial charge in [0.1, 0.15) is 23.4 Å². The molecule has 2 aromatic rings. The van der Waals surface area contributed by atoms with E-state index in [0.29, 0.717) is 22.6 Å². The number of aromatic hydroxyl groups is 1. The number of para-hydroxylation sites is 1. The van der Waals surface area contributed by atoms with Gasteiger partial charge in [0.25, 0.3) is 11.8 Å². The molecule has 0 heterocycles. The monoisotopic (exact) mass is 539 g/mol. The van der Waals surface area contributed by atoms with Crippen molar-refractivity contribution in [2.45, 2.75) is 65.6 Å². The first kappa shape index (κ1) is 30.6. The number of thioether (sulfide) groups is 1. The number of nitrogens with zero attached hydrogens (tertiary/aromatic N) is 1. The quantitative estimate of drug-likeness (QED) is 0.304. The summed E-state index contributed by atoms with van der Waals surface area (Å²) in [7, 11) is 0. The van der Waals surface area contributed by atoms with Crippen LogP contribution < -0.4 is 10.6 Å². The zero-order valence-electron chi connectivity index (χ0n) is 23.0. The maximum Gasteiger partial charge on any atom is 0.408 e. The highest BCUT2D eigenvalue weighted by Gasteiger charge is 2.36. The lowest BCUT2D eigenvalue weighted by Crippen LogP contribution is -2.51. The van der Waals surface area contributed by atoms with Crippen LogP contribution in [0, 0.1) is 33.2 Å². The first-order valence-corrected chi connectivity index (χ1v) is 13.6. The summed E-state index contributed by atoms with van der Waals surface area (Å²) in [6, 6.07) is 10.4. The average Bonchev–Trinajstić information content (AvgIpc) is 2.82. The molecule has 0 bridgehead atoms. The van der Waals surface area contributed by atoms with Crippen molar-refractivity contribution in [3.8, 4) is 18.2 Å². The Morgan fingerprint density at radius 3 is 2.26 bits per heavy atom. The Kier molecular flexibility index (Phi) is 10.7. The fourth-order valence-electron chi connectivity index (χ4n) is 3.85. The number of carbonyl (C=O) groups excluding carboxylic acids is 3. The van der Waals surface area contributed by atoms with Crippen molar-refractivity contribution in [1.29, 1.82) is 0 Å². The number of nitrogens with one attached hydrogen (secondary N) is 2. The Balaban J connectivity index is 2.52. The lowest BCUT2D eigenvalue weighted by Gasteiger charge is -2.31. The Morgan fingerprint density at radius 2 is 1.74 bits per heavy atom. The summed E-state index contributed by atoms with van der Waals surface area (Å²) in [5.41, 5.74) is 2.48. The molecule has 0 aliphatic rings. The van der Waals surface area contributed by atoms with Crippen LogP contribution in [-0.4, -0.2) is 51.6 Å². The zero-order valence-corrected chi connectivity index (χ0v) is 23.9. The Morgan fingerprint density at radius 1 is 1.11 bits per heavy atom. The number of alkyl carbamates (subject to hydrolysis) is 1. The molecule has 3 N–H and O–H groups in total. The van der Waals surface area contributed by atoms with Crippen molar-refractivity contribution in [3.63, 3.8) is 0 Å². The standard InChI is InChI=1S/C29H37N3O5S/c1-9-32(27(35)22(15-16-38-8)30-28(36)37-29(5,6)7)25(21-13-14-23(33)20(4)17-21)26(34)31-24-18(2)11-10-12-19(24)3/h1,10-14,17,22,25,33H,15-16H2,2-8H3,(H,30,36)(H,31,34). The Bertz CT molecular complexity index is 1200. The van der Waals surface area contributed by atoms with Crippen LogP contribution in [0.5, 0.6) is 5.75 Å². The number of terminal acetylenes is 1. The largest absolute Gasteiger partial charge is 0.508 e. The number of phenols is 1. The number of hydrogen-bond acceptors (Lipinski definition) is 6. The summed E-state index contributed by atoms with van der Waals surface area (Å²) in [5, 5.41) is 15.6. The molecule has 204 valence electrons. The molecule has 0 saturated carbocycles. The van der Waals surface area contributed by atoms with E-state index < -0.39 is 35.6 Å². The lowest BCUT2D eigenvalue weighted by atomic mass is 10.00. The number of benzene rings is 2. The minimum atomic E-state index is -1.23. The average molecular weight is 540 g/mol. The summed E-state index contributed by atoms with van der Waals surface area (Å²) in [5.74, 6) is -0.549. The molecule has 0 radical (unpaired) electrons. The van der Waals surface area contributed by atoms with E-state index in [1.54, 1.807) is 39.8 Å². The molecule has 8 nitrogen and oxygen atoms in total. The van der Waals surface area contributed by atoms with Crippen molar-refractivity contribution in [2.24, 2.45) is 0 Å². The van der Waals surface area contributed by atoms with Crippen LogP contribution in [0.15, 0.2) is 36.4 Å². The van der Waals surface area contributed by atoms with Crippen LogP contribution >= 0.6 is 11.8 Å². The molecule has 2 unspecified atom stereocenters. The molecule has 2 atom stereocenters. The van der Waals surface area contributed by atoms with E-state index in [1.165, 1.54) is 17.8 Å². The molecule has 3 amide bonds. The summed E-state index contributed by atoms with van der Waals surface area (Å²) in [4.78, 5) is 41.1. The predicted octanol–water partition coefficient (Wildman–Crippen LogP) is 5.06. The highest BCUT2D eigenvalue weighted by atomic mass is 32.2. The van der Waals surface area contributed by atoms with Gasteiger partial charge in [-0.2, -0.15) is 11.8 Å². The predicted molar refractivity (Wildman–Crippen MR) is 152 cm³/mol. The van der Waals surface area contributed by atoms with Crippen LogP contribution in [-0.2, 0) is 14.3 Å². The van der Waals surface area contributed by atoms with Gasteiger partial charge in [-0.05, 0) is 94.4 Å². The van der Waals surface area contributed by atoms with E-state index in [-0.39, 0.29) is 12.2 Å². The fraction of sp³-hybridized carbons (Fsp3) is 0.414. The maximum absolute atomic E-state index is 13.8. The van der Waals surface area contributed by atoms with E-state index in [0.717, 1.165) is 16.0 Å². The van der Waals surface area contributed by atoms with Gasteiger partial charge in [-0.15, -0.1) is 0 Å². The third kappa shape index (κ3) is 8.18. The van der Waals surface area contributed by atoms with Gasteiger partial charge in [-0.1, -0.05) is 30.7 Å². The van der Waals surface area contributed by atoms with Crippen molar-refractivity contribution < 1.29 is 24.2 Å². The Labute approximate surface area is 229 Å². The number of aryl methyl sites for hydroxylation is 3. The van der Waals surface area contributed by atoms with Gasteiger partial charge in [0.05, 0.1) is 0 Å². The topological polar surface area (TPSA) is 108 Å². The van der Waals surface area contributed by atoms with Crippen molar-refractivity contribution in [3.05, 3.63) is 58.7 Å². The summed E-state index contributed by atoms with van der Waals surface area (Å²) in [6.07, 6.45) is 7.25. The second-order valence-corrected chi connectivity index (χ2v) is 11.0. The first-order valence-electron chi connectivity index (χ1n) is 12.2. The van der Waals surface area contributed by atoms with Crippen LogP contribution in [0.4, 0.5) is 10.5 Å². The number of anilines is 1. The van der Waals surface area contributed by atoms with E-state index in [2.05, 4.69) is 16.7 Å². The molecular weight excluding hydrogens is 502 g/mol. The van der Waals surface area contributed by atoms with Gasteiger partial charge in [-0.25, -0.2) is 4.79 Å². The lowest BCUT2D eigenvalue weighted by molar-refractivity contribution is -0.136. The third-order valence-electron chi connectivity index (χ3n) is 5.75. The fourth-order valence-corrected chi connectivity index (χ4v) is 4.32. The summed E-state index contributed by atoms with van der Waals surface area (Å²) in [6.45, 7) is 10.6. The number of phenolic OH excluding ortho intramolecular Hbond substituents is 1. The van der Waals surface area contributed by atoms with E-state index in [4.69, 9.17) is 11.2 Å². The summed E-state index contributed by atoms with van der Waals surface area (Å²) >= 11 is 1.50. The molecule has 2 aromatic carbocycles. The van der Waals surface area contributed by atoms with Gasteiger partial charge in [0, 0.05) is 11.7 Å². The zero-order chi connectivity index (χ0) is 28.6. The second kappa shape index (κ2) is 13.2. The summed E-state index contributed by atoms with van der Waals surface area (Å²) < 4.78 is 5.35. The third-order valence-corrected chi connectivity index (χ3v) is 6.39. The van der Waals surface area contributed by atoms with Gasteiger partial charge >= 0.3 is 6.09 Å². The molecule has 0 spiro atoms. The van der Waals surface area contributed by atoms with E-state index in [1.807, 2.05) is 38.3 Å². The van der Waals surface area contributed by atoms with E-state index in [9.17, 15) is 19.5 Å². The van der Waals surface area contributed by atoms with Gasteiger partial charge in [-0.3, -0.25) is 14.5 Å². The minimum Gasteiger partial charge on any atom is -0.508 e. The number of amides is 3. The van der Waals surface area contributed by atoms with Gasteiger partial charge in [0.2, 0.25) is 0 Å². The minimum absolute atomic E-state index is 0.0469. The van der Waals surface area contributed by atoms with Gasteiger partial charge < -0.3 is 20.5 Å². The molecule has 2 rings (SSSR count). The number of rotatable bonds is 9. The number of ether oxygens (including phenoxy) is 1. The van der Waals surface area contributed by atoms with E-state index >= 15 is 0 Å². The molecule has 38 heavy (non-hydrogen) atoms. The molecular formula is C29H37N3O5S. The second-order valence-electron chi connectivity index (χ2n) is 10.0. The highest BCUT2D eigenvalue weighted by Crippen LogP contribution is 2.29. The molecule has 0 aromatic heterocycles. The molecule has 0 saturated heterocycles. The van der Waals surface area contributed by atoms with Crippen LogP contribution in [0.25, 0.3) is 0 Å². The van der Waals surface area contributed by atoms with Crippen LogP contribution in [0.1, 0.15) is 55.5 Å². The van der Waals surface area contributed by atoms with Crippen molar-refractivity contribution in [2.75, 3.05) is 17.3 Å². The van der Waals surface area contributed by atoms with Crippen molar-refractivity contribution >= 4 is 35.4 Å². The smallest absolute Gasteiger partial charge is 0.408 e. The molecule has 0 aliphatic heterocycles. The van der Waals surface area contributed by atoms with Crippen molar-refractivity contribution in [1.82, 2.24) is 10.2 Å². The molecule has 0 fully saturated rings.